The van der Waals surface area contributed by atoms with Crippen LogP contribution in [0.2, 0.25) is 18.1 Å². The van der Waals surface area contributed by atoms with E-state index in [-0.39, 0.29) is 17.1 Å². The van der Waals surface area contributed by atoms with E-state index in [1.165, 1.54) is 6.08 Å². The Labute approximate surface area is 118 Å². The maximum absolute atomic E-state index is 10.7. The van der Waals surface area contributed by atoms with E-state index >= 15 is 0 Å². The fourth-order valence-corrected chi connectivity index (χ4v) is 2.79. The number of rotatable bonds is 6. The van der Waals surface area contributed by atoms with Gasteiger partial charge in [-0.25, -0.2) is 4.79 Å². The molecule has 1 N–H and O–H groups in total. The third-order valence-electron chi connectivity index (χ3n) is 4.03. The van der Waals surface area contributed by atoms with Crippen LogP contribution in [0, 0.1) is 5.92 Å². The van der Waals surface area contributed by atoms with Gasteiger partial charge in [0.2, 0.25) is 0 Å². The molecule has 0 rings (SSSR count). The number of hydrogen-bond acceptors (Lipinski definition) is 2. The molecule has 0 amide bonds. The highest BCUT2D eigenvalue weighted by Gasteiger charge is 2.39. The van der Waals surface area contributed by atoms with E-state index in [0.717, 1.165) is 5.57 Å². The lowest BCUT2D eigenvalue weighted by Gasteiger charge is -2.40. The van der Waals surface area contributed by atoms with Crippen LogP contribution in [0.15, 0.2) is 24.3 Å². The highest BCUT2D eigenvalue weighted by molar-refractivity contribution is 6.74. The van der Waals surface area contributed by atoms with Gasteiger partial charge in [0.1, 0.15) is 0 Å². The molecule has 0 spiro atoms. The van der Waals surface area contributed by atoms with Gasteiger partial charge in [0, 0.05) is 12.0 Å². The van der Waals surface area contributed by atoms with Gasteiger partial charge in [-0.2, -0.15) is 0 Å². The lowest BCUT2D eigenvalue weighted by molar-refractivity contribution is -0.131. The zero-order chi connectivity index (χ0) is 15.4. The molecule has 0 aliphatic heterocycles. The molecule has 0 fully saturated rings. The molecule has 19 heavy (non-hydrogen) atoms. The normalized spacial score (nSPS) is 16.9. The van der Waals surface area contributed by atoms with Gasteiger partial charge in [0.25, 0.3) is 0 Å². The lowest BCUT2D eigenvalue weighted by Crippen LogP contribution is -2.45. The van der Waals surface area contributed by atoms with E-state index in [0.29, 0.717) is 0 Å². The van der Waals surface area contributed by atoms with Gasteiger partial charge in [-0.1, -0.05) is 39.3 Å². The van der Waals surface area contributed by atoms with Crippen molar-refractivity contribution >= 4 is 14.3 Å². The van der Waals surface area contributed by atoms with E-state index in [4.69, 9.17) is 9.53 Å². The molecule has 0 unspecified atom stereocenters. The van der Waals surface area contributed by atoms with E-state index in [1.54, 1.807) is 6.08 Å². The van der Waals surface area contributed by atoms with Gasteiger partial charge < -0.3 is 9.53 Å². The number of aliphatic carboxylic acids is 1. The smallest absolute Gasteiger partial charge is 0.328 e. The van der Waals surface area contributed by atoms with Crippen LogP contribution in [0.25, 0.3) is 0 Å². The molecule has 0 aliphatic rings. The summed E-state index contributed by atoms with van der Waals surface area (Å²) in [7, 11) is -1.88. The van der Waals surface area contributed by atoms with Gasteiger partial charge in [0.05, 0.1) is 6.10 Å². The van der Waals surface area contributed by atoms with Gasteiger partial charge >= 0.3 is 5.97 Å². The van der Waals surface area contributed by atoms with Gasteiger partial charge in [-0.3, -0.25) is 0 Å². The topological polar surface area (TPSA) is 46.5 Å². The minimum Gasteiger partial charge on any atom is -0.478 e. The maximum Gasteiger partial charge on any atom is 0.328 e. The third-order valence-corrected chi connectivity index (χ3v) is 8.51. The van der Waals surface area contributed by atoms with Crippen LogP contribution in [-0.4, -0.2) is 25.5 Å². The van der Waals surface area contributed by atoms with E-state index in [9.17, 15) is 4.79 Å². The molecule has 0 heterocycles. The van der Waals surface area contributed by atoms with E-state index in [1.807, 2.05) is 13.8 Å². The third kappa shape index (κ3) is 5.33. The standard InChI is InChI=1S/C15H28O3Si/c1-9-13(12(3)11(2)10-14(16)17)18-19(7,8)15(4,5)6/h9-10,12-13H,1H2,2-8H3,(H,16,17)/b11-10+/t12-,13+/m1/s1. The molecule has 0 aromatic carbocycles. The van der Waals surface area contributed by atoms with Crippen molar-refractivity contribution < 1.29 is 14.3 Å². The van der Waals surface area contributed by atoms with E-state index < -0.39 is 14.3 Å². The summed E-state index contributed by atoms with van der Waals surface area (Å²) >= 11 is 0. The van der Waals surface area contributed by atoms with Gasteiger partial charge in [-0.05, 0) is 25.1 Å². The predicted octanol–water partition coefficient (Wildman–Crippen LogP) is 4.23. The number of carbonyl (C=O) groups is 1. The lowest BCUT2D eigenvalue weighted by atomic mass is 9.96. The van der Waals surface area contributed by atoms with Crippen molar-refractivity contribution in [1.29, 1.82) is 0 Å². The molecule has 0 bridgehead atoms. The summed E-state index contributed by atoms with van der Waals surface area (Å²) in [5.41, 5.74) is 0.802. The Balaban J connectivity index is 5.05. The van der Waals surface area contributed by atoms with Crippen LogP contribution in [-0.2, 0) is 9.22 Å². The van der Waals surface area contributed by atoms with Crippen molar-refractivity contribution in [2.75, 3.05) is 0 Å². The molecule has 0 radical (unpaired) electrons. The van der Waals surface area contributed by atoms with Crippen LogP contribution in [0.1, 0.15) is 34.6 Å². The first-order valence-electron chi connectivity index (χ1n) is 6.64. The molecule has 0 aromatic rings. The maximum atomic E-state index is 10.7. The number of carboxylic acid groups (broad SMARTS) is 1. The Morgan fingerprint density at radius 1 is 1.37 bits per heavy atom. The summed E-state index contributed by atoms with van der Waals surface area (Å²) in [5.74, 6) is -0.901. The average molecular weight is 284 g/mol. The zero-order valence-electron chi connectivity index (χ0n) is 13.3. The second kappa shape index (κ2) is 6.53. The van der Waals surface area contributed by atoms with Crippen molar-refractivity contribution in [2.24, 2.45) is 5.92 Å². The summed E-state index contributed by atoms with van der Waals surface area (Å²) < 4.78 is 6.30. The fraction of sp³-hybridized carbons (Fsp3) is 0.667. The van der Waals surface area contributed by atoms with Crippen molar-refractivity contribution in [3.63, 3.8) is 0 Å². The predicted molar refractivity (Wildman–Crippen MR) is 82.8 cm³/mol. The molecule has 4 heteroatoms. The Hall–Kier alpha value is -0.873. The highest BCUT2D eigenvalue weighted by Crippen LogP contribution is 2.38. The molecule has 0 saturated carbocycles. The van der Waals surface area contributed by atoms with E-state index in [2.05, 4.69) is 40.4 Å². The fourth-order valence-electron chi connectivity index (χ4n) is 1.46. The minimum atomic E-state index is -1.88. The summed E-state index contributed by atoms with van der Waals surface area (Å²) in [6.45, 7) is 18.6. The summed E-state index contributed by atoms with van der Waals surface area (Å²) in [6.07, 6.45) is 2.89. The zero-order valence-corrected chi connectivity index (χ0v) is 14.3. The van der Waals surface area contributed by atoms with Crippen molar-refractivity contribution in [3.8, 4) is 0 Å². The molecular weight excluding hydrogens is 256 g/mol. The quantitative estimate of drug-likeness (QED) is 0.451. The molecule has 110 valence electrons. The number of hydrogen-bond donors (Lipinski definition) is 1. The van der Waals surface area contributed by atoms with Crippen molar-refractivity contribution in [2.45, 2.75) is 58.9 Å². The number of carboxylic acids is 1. The molecule has 0 aromatic heterocycles. The largest absolute Gasteiger partial charge is 0.478 e. The Morgan fingerprint density at radius 3 is 2.16 bits per heavy atom. The van der Waals surface area contributed by atoms with Crippen LogP contribution in [0.5, 0.6) is 0 Å². The Morgan fingerprint density at radius 2 is 1.84 bits per heavy atom. The molecular formula is C15H28O3Si. The van der Waals surface area contributed by atoms with Crippen LogP contribution in [0.3, 0.4) is 0 Å². The minimum absolute atomic E-state index is 0.0164. The first kappa shape index (κ1) is 18.1. The molecule has 0 aliphatic carbocycles. The van der Waals surface area contributed by atoms with Crippen LogP contribution < -0.4 is 0 Å². The van der Waals surface area contributed by atoms with Gasteiger partial charge in [-0.15, -0.1) is 6.58 Å². The molecule has 0 saturated heterocycles. The highest BCUT2D eigenvalue weighted by atomic mass is 28.4. The monoisotopic (exact) mass is 284 g/mol. The summed E-state index contributed by atoms with van der Waals surface area (Å²) in [5, 5.41) is 8.94. The summed E-state index contributed by atoms with van der Waals surface area (Å²) in [4.78, 5) is 10.7. The van der Waals surface area contributed by atoms with Crippen LogP contribution in [0.4, 0.5) is 0 Å². The second-order valence-corrected chi connectivity index (χ2v) is 11.4. The van der Waals surface area contributed by atoms with Crippen molar-refractivity contribution in [3.05, 3.63) is 24.3 Å². The molecule has 2 atom stereocenters. The SMILES string of the molecule is C=C[C@H](O[Si](C)(C)C(C)(C)C)[C@H](C)/C(C)=C/C(=O)O. The Bertz CT molecular complexity index is 364. The second-order valence-electron chi connectivity index (χ2n) is 6.59. The van der Waals surface area contributed by atoms with Gasteiger partial charge in [0.15, 0.2) is 8.32 Å². The molecule has 3 nitrogen and oxygen atoms in total. The Kier molecular flexibility index (Phi) is 6.23. The van der Waals surface area contributed by atoms with Crippen molar-refractivity contribution in [1.82, 2.24) is 0 Å². The van der Waals surface area contributed by atoms with Crippen LogP contribution >= 0.6 is 0 Å². The first-order chi connectivity index (χ1) is 8.42. The summed E-state index contributed by atoms with van der Waals surface area (Å²) in [6, 6.07) is 0. The first-order valence-corrected chi connectivity index (χ1v) is 9.54. The average Bonchev–Trinajstić information content (AvgIpc) is 2.22.